The lowest BCUT2D eigenvalue weighted by molar-refractivity contribution is 0.102. The summed E-state index contributed by atoms with van der Waals surface area (Å²) in [5, 5.41) is 9.87. The predicted octanol–water partition coefficient (Wildman–Crippen LogP) is 5.90. The summed E-state index contributed by atoms with van der Waals surface area (Å²) in [6.45, 7) is 5.05. The zero-order valence-corrected chi connectivity index (χ0v) is 24.0. The van der Waals surface area contributed by atoms with Gasteiger partial charge in [-0.1, -0.05) is 12.1 Å². The maximum absolute atomic E-state index is 15.0. The summed E-state index contributed by atoms with van der Waals surface area (Å²) in [4.78, 5) is 35.6. The molecular weight excluding hydrogens is 569 g/mol. The van der Waals surface area contributed by atoms with E-state index in [0.29, 0.717) is 33.5 Å². The van der Waals surface area contributed by atoms with Crippen LogP contribution in [0.3, 0.4) is 0 Å². The smallest absolute Gasteiger partial charge is 0.256 e. The number of hydrogen-bond donors (Lipinski definition) is 3. The van der Waals surface area contributed by atoms with Crippen molar-refractivity contribution in [2.75, 3.05) is 23.7 Å². The van der Waals surface area contributed by atoms with Crippen LogP contribution >= 0.6 is 0 Å². The molecule has 2 aromatic heterocycles. The Morgan fingerprint density at radius 3 is 2.36 bits per heavy atom. The van der Waals surface area contributed by atoms with Gasteiger partial charge in [0.05, 0.1) is 5.69 Å². The van der Waals surface area contributed by atoms with Crippen LogP contribution < -0.4 is 21.5 Å². The number of piperidine rings is 1. The van der Waals surface area contributed by atoms with Crippen LogP contribution in [0, 0.1) is 31.3 Å². The number of fused-ring (bicyclic) bond motifs is 1. The van der Waals surface area contributed by atoms with Crippen molar-refractivity contribution in [1.82, 2.24) is 19.9 Å². The average molecular weight is 599 g/mol. The molecule has 3 heterocycles. The number of aryl methyl sites for hydroxylation is 2. The molecule has 1 saturated heterocycles. The second-order valence-electron chi connectivity index (χ2n) is 10.8. The van der Waals surface area contributed by atoms with E-state index >= 15 is 8.78 Å². The Bertz CT molecular complexity index is 1950. The second-order valence-corrected chi connectivity index (χ2v) is 10.8. The van der Waals surface area contributed by atoms with Crippen molar-refractivity contribution in [1.29, 1.82) is 0 Å². The summed E-state index contributed by atoms with van der Waals surface area (Å²) >= 11 is 0. The normalized spacial score (nSPS) is 13.7. The van der Waals surface area contributed by atoms with Crippen molar-refractivity contribution in [2.45, 2.75) is 32.7 Å². The molecule has 3 aromatic carbocycles. The SMILES string of the molecule is Cc1cc(C(=O)Nc2ccc(C)c(-c3nc(NC4CCNCC4)nc4c3ccc(=O)n4-c3c(F)cccc3F)c2)ccc1F. The van der Waals surface area contributed by atoms with E-state index in [2.05, 4.69) is 20.9 Å². The first-order chi connectivity index (χ1) is 21.2. The molecule has 8 nitrogen and oxygen atoms in total. The van der Waals surface area contributed by atoms with Gasteiger partial charge in [-0.05, 0) is 99.4 Å². The van der Waals surface area contributed by atoms with E-state index in [1.165, 1.54) is 36.4 Å². The van der Waals surface area contributed by atoms with E-state index < -0.39 is 34.6 Å². The summed E-state index contributed by atoms with van der Waals surface area (Å²) in [5.74, 6) is -2.45. The van der Waals surface area contributed by atoms with Crippen LogP contribution in [0.4, 0.5) is 24.8 Å². The number of rotatable bonds is 6. The van der Waals surface area contributed by atoms with Gasteiger partial charge in [0, 0.05) is 34.3 Å². The van der Waals surface area contributed by atoms with Crippen molar-refractivity contribution in [3.63, 3.8) is 0 Å². The fraction of sp³-hybridized carbons (Fsp3) is 0.212. The number of nitrogens with zero attached hydrogens (tertiary/aromatic N) is 3. The number of nitrogens with one attached hydrogen (secondary N) is 3. The molecule has 11 heteroatoms. The molecule has 0 unspecified atom stereocenters. The summed E-state index contributed by atoms with van der Waals surface area (Å²) < 4.78 is 44.8. The van der Waals surface area contributed by atoms with E-state index in [9.17, 15) is 14.0 Å². The molecule has 1 amide bonds. The molecule has 0 radical (unpaired) electrons. The van der Waals surface area contributed by atoms with E-state index in [-0.39, 0.29) is 17.6 Å². The summed E-state index contributed by atoms with van der Waals surface area (Å²) in [6.07, 6.45) is 1.62. The Balaban J connectivity index is 1.51. The molecule has 1 aliphatic rings. The average Bonchev–Trinajstić information content (AvgIpc) is 3.00. The molecule has 0 bridgehead atoms. The lowest BCUT2D eigenvalue weighted by atomic mass is 10.0. The number of aromatic nitrogens is 3. The molecular formula is C33H29F3N6O2. The van der Waals surface area contributed by atoms with Crippen LogP contribution in [0.25, 0.3) is 28.0 Å². The highest BCUT2D eigenvalue weighted by Crippen LogP contribution is 2.33. The molecule has 6 rings (SSSR count). The van der Waals surface area contributed by atoms with Gasteiger partial charge in [0.25, 0.3) is 11.5 Å². The number of halogens is 3. The largest absolute Gasteiger partial charge is 0.351 e. The van der Waals surface area contributed by atoms with Crippen LogP contribution in [0.2, 0.25) is 0 Å². The highest BCUT2D eigenvalue weighted by atomic mass is 19.1. The summed E-state index contributed by atoms with van der Waals surface area (Å²) in [5.41, 5.74) is 1.73. The predicted molar refractivity (Wildman–Crippen MR) is 164 cm³/mol. The highest BCUT2D eigenvalue weighted by Gasteiger charge is 2.22. The van der Waals surface area contributed by atoms with E-state index in [0.717, 1.165) is 48.2 Å². The Kier molecular flexibility index (Phi) is 7.88. The minimum Gasteiger partial charge on any atom is -0.351 e. The van der Waals surface area contributed by atoms with Gasteiger partial charge in [0.1, 0.15) is 23.1 Å². The Labute approximate surface area is 251 Å². The number of pyridine rings is 1. The van der Waals surface area contributed by atoms with Crippen molar-refractivity contribution in [3.05, 3.63) is 111 Å². The topological polar surface area (TPSA) is 101 Å². The maximum atomic E-state index is 15.0. The zero-order chi connectivity index (χ0) is 31.0. The van der Waals surface area contributed by atoms with Gasteiger partial charge in [0.15, 0.2) is 5.65 Å². The van der Waals surface area contributed by atoms with Crippen molar-refractivity contribution in [3.8, 4) is 16.9 Å². The van der Waals surface area contributed by atoms with Crippen molar-refractivity contribution >= 4 is 28.6 Å². The minimum atomic E-state index is -0.912. The number of amides is 1. The van der Waals surface area contributed by atoms with Gasteiger partial charge in [-0.25, -0.2) is 18.2 Å². The van der Waals surface area contributed by atoms with E-state index in [1.54, 1.807) is 25.1 Å². The Hall–Kier alpha value is -5.03. The molecule has 0 atom stereocenters. The minimum absolute atomic E-state index is 0.0264. The number of benzene rings is 3. The number of anilines is 2. The van der Waals surface area contributed by atoms with Crippen LogP contribution in [-0.2, 0) is 0 Å². The summed E-state index contributed by atoms with van der Waals surface area (Å²) in [6, 6.07) is 15.6. The molecule has 0 aliphatic carbocycles. The number of hydrogen-bond acceptors (Lipinski definition) is 6. The molecule has 5 aromatic rings. The number of carbonyl (C=O) groups is 1. The van der Waals surface area contributed by atoms with E-state index in [1.807, 2.05) is 6.92 Å². The van der Waals surface area contributed by atoms with E-state index in [4.69, 9.17) is 4.98 Å². The zero-order valence-electron chi connectivity index (χ0n) is 24.0. The quantitative estimate of drug-likeness (QED) is 0.225. The third-order valence-corrected chi connectivity index (χ3v) is 7.75. The monoisotopic (exact) mass is 598 g/mol. The second kappa shape index (κ2) is 11.9. The molecule has 3 N–H and O–H groups in total. The highest BCUT2D eigenvalue weighted by molar-refractivity contribution is 6.05. The Morgan fingerprint density at radius 1 is 0.886 bits per heavy atom. The molecule has 44 heavy (non-hydrogen) atoms. The van der Waals surface area contributed by atoms with Gasteiger partial charge in [-0.15, -0.1) is 0 Å². The molecule has 224 valence electrons. The standard InChI is InChI=1S/C33H29F3N6O2/c1-18-6-8-22(38-32(44)20-7-10-25(34)19(2)16-20)17-24(18)29-23-9-11-28(43)42(30-26(35)4-3-5-27(30)36)31(23)41-33(40-29)39-21-12-14-37-15-13-21/h3-11,16-17,21,37H,12-15H2,1-2H3,(H,38,44)(H,39,40,41). The van der Waals surface area contributed by atoms with Crippen LogP contribution in [0.15, 0.2) is 71.5 Å². The molecule has 1 aliphatic heterocycles. The van der Waals surface area contributed by atoms with Crippen molar-refractivity contribution in [2.24, 2.45) is 0 Å². The third-order valence-electron chi connectivity index (χ3n) is 7.75. The van der Waals surface area contributed by atoms with Crippen LogP contribution in [-0.4, -0.2) is 39.6 Å². The first kappa shape index (κ1) is 29.1. The summed E-state index contributed by atoms with van der Waals surface area (Å²) in [7, 11) is 0. The maximum Gasteiger partial charge on any atom is 0.256 e. The fourth-order valence-corrected chi connectivity index (χ4v) is 5.40. The fourth-order valence-electron chi connectivity index (χ4n) is 5.40. The Morgan fingerprint density at radius 2 is 1.64 bits per heavy atom. The first-order valence-electron chi connectivity index (χ1n) is 14.2. The number of para-hydroxylation sites is 1. The van der Waals surface area contributed by atoms with Gasteiger partial charge in [-0.2, -0.15) is 4.98 Å². The third kappa shape index (κ3) is 5.66. The lowest BCUT2D eigenvalue weighted by Gasteiger charge is -2.24. The first-order valence-corrected chi connectivity index (χ1v) is 14.2. The van der Waals surface area contributed by atoms with Crippen LogP contribution in [0.1, 0.15) is 34.3 Å². The number of carbonyl (C=O) groups excluding carboxylic acids is 1. The van der Waals surface area contributed by atoms with Gasteiger partial charge in [-0.3, -0.25) is 14.2 Å². The van der Waals surface area contributed by atoms with Crippen molar-refractivity contribution < 1.29 is 18.0 Å². The molecule has 0 saturated carbocycles. The lowest BCUT2D eigenvalue weighted by Crippen LogP contribution is -2.35. The van der Waals surface area contributed by atoms with Gasteiger partial charge in [0.2, 0.25) is 5.95 Å². The van der Waals surface area contributed by atoms with Gasteiger partial charge < -0.3 is 16.0 Å². The van der Waals surface area contributed by atoms with Gasteiger partial charge >= 0.3 is 0 Å². The molecule has 0 spiro atoms. The molecule has 1 fully saturated rings. The van der Waals surface area contributed by atoms with Crippen LogP contribution in [0.5, 0.6) is 0 Å².